The van der Waals surface area contributed by atoms with Gasteiger partial charge in [-0.2, -0.15) is 0 Å². The minimum atomic E-state index is -0.935. The van der Waals surface area contributed by atoms with Crippen molar-refractivity contribution in [2.45, 2.75) is 37.8 Å². The molecule has 3 aliphatic heterocycles. The number of fused-ring (bicyclic) bond motifs is 2. The van der Waals surface area contributed by atoms with Crippen molar-refractivity contribution in [2.75, 3.05) is 27.3 Å². The van der Waals surface area contributed by atoms with Gasteiger partial charge in [0.15, 0.2) is 17.3 Å². The number of methoxy groups -OCH3 is 2. The lowest BCUT2D eigenvalue weighted by atomic mass is 9.82. The summed E-state index contributed by atoms with van der Waals surface area (Å²) in [5.41, 5.74) is 0.309. The van der Waals surface area contributed by atoms with E-state index in [4.69, 9.17) is 14.2 Å². The minimum Gasteiger partial charge on any atom is -0.493 e. The monoisotopic (exact) mass is 478 g/mol. The first-order valence-electron chi connectivity index (χ1n) is 11.5. The summed E-state index contributed by atoms with van der Waals surface area (Å²) in [7, 11) is 3.01. The molecule has 35 heavy (non-hydrogen) atoms. The van der Waals surface area contributed by atoms with Gasteiger partial charge in [0.2, 0.25) is 11.7 Å². The van der Waals surface area contributed by atoms with Crippen molar-refractivity contribution in [3.05, 3.63) is 53.1 Å². The Morgan fingerprint density at radius 3 is 2.14 bits per heavy atom. The number of carbonyl (C=O) groups is 4. The van der Waals surface area contributed by atoms with Gasteiger partial charge in [0, 0.05) is 25.9 Å². The second-order valence-electron chi connectivity index (χ2n) is 9.09. The first-order chi connectivity index (χ1) is 16.8. The highest BCUT2D eigenvalue weighted by Crippen LogP contribution is 2.47. The number of amides is 3. The number of Topliss-reactive ketones (excluding diaryl/α,β-unsaturated/α-hetero) is 1. The fourth-order valence-electron chi connectivity index (χ4n) is 5.21. The molecule has 3 aliphatic rings. The normalized spacial score (nSPS) is 19.2. The zero-order valence-electron chi connectivity index (χ0n) is 19.8. The van der Waals surface area contributed by atoms with Gasteiger partial charge in [-0.3, -0.25) is 24.1 Å². The molecular formula is C26H26N2O7. The van der Waals surface area contributed by atoms with Crippen LogP contribution in [0, 0.1) is 0 Å². The van der Waals surface area contributed by atoms with Gasteiger partial charge in [0.1, 0.15) is 11.6 Å². The number of hydrogen-bond donors (Lipinski definition) is 0. The van der Waals surface area contributed by atoms with E-state index in [9.17, 15) is 19.2 Å². The Kier molecular flexibility index (Phi) is 5.50. The Morgan fingerprint density at radius 1 is 0.943 bits per heavy atom. The molecule has 0 aromatic heterocycles. The lowest BCUT2D eigenvalue weighted by Gasteiger charge is -2.44. The number of benzene rings is 2. The summed E-state index contributed by atoms with van der Waals surface area (Å²) in [5, 5.41) is 0. The van der Waals surface area contributed by atoms with Crippen LogP contribution in [-0.4, -0.2) is 72.3 Å². The molecule has 0 bridgehead atoms. The predicted octanol–water partition coefficient (Wildman–Crippen LogP) is 2.71. The fourth-order valence-corrected chi connectivity index (χ4v) is 5.21. The Bertz CT molecular complexity index is 1210. The average Bonchev–Trinajstić information content (AvgIpc) is 3.12. The van der Waals surface area contributed by atoms with E-state index >= 15 is 0 Å². The number of piperidine rings is 1. The number of nitrogens with zero attached hydrogens (tertiary/aromatic N) is 2. The summed E-state index contributed by atoms with van der Waals surface area (Å²) in [6.07, 6.45) is 1.06. The lowest BCUT2D eigenvalue weighted by molar-refractivity contribution is -0.138. The molecule has 5 rings (SSSR count). The first-order valence-corrected chi connectivity index (χ1v) is 11.5. The molecule has 9 nitrogen and oxygen atoms in total. The first kappa shape index (κ1) is 22.9. The highest BCUT2D eigenvalue weighted by atomic mass is 16.5. The molecule has 182 valence electrons. The second kappa shape index (κ2) is 8.41. The van der Waals surface area contributed by atoms with Crippen LogP contribution in [0.25, 0.3) is 0 Å². The number of hydrogen-bond acceptors (Lipinski definition) is 7. The molecule has 0 saturated carbocycles. The zero-order chi connectivity index (χ0) is 24.9. The third-order valence-corrected chi connectivity index (χ3v) is 7.16. The standard InChI is InChI=1S/C26H26N2O7/c1-15(28-24(31)16-6-4-5-7-17(16)25(28)32)23(30)27-12-10-26(11-13-27)14-19(29)18-8-9-20(33-2)22(34-3)21(18)35-26/h4-9,15H,10-14H2,1-3H3. The van der Waals surface area contributed by atoms with Crippen molar-refractivity contribution >= 4 is 23.5 Å². The number of ether oxygens (including phenoxy) is 3. The smallest absolute Gasteiger partial charge is 0.262 e. The van der Waals surface area contributed by atoms with Crippen LogP contribution in [0.2, 0.25) is 0 Å². The topological polar surface area (TPSA) is 102 Å². The Balaban J connectivity index is 1.31. The maximum atomic E-state index is 13.3. The van der Waals surface area contributed by atoms with Crippen LogP contribution in [0.5, 0.6) is 17.2 Å². The number of carbonyl (C=O) groups excluding carboxylic acids is 4. The molecule has 1 atom stereocenters. The van der Waals surface area contributed by atoms with Gasteiger partial charge in [-0.05, 0) is 31.2 Å². The van der Waals surface area contributed by atoms with E-state index in [1.165, 1.54) is 14.2 Å². The van der Waals surface area contributed by atoms with E-state index in [0.717, 1.165) is 4.90 Å². The molecular weight excluding hydrogens is 452 g/mol. The van der Waals surface area contributed by atoms with Crippen molar-refractivity contribution in [2.24, 2.45) is 0 Å². The van der Waals surface area contributed by atoms with Crippen molar-refractivity contribution in [1.29, 1.82) is 0 Å². The largest absolute Gasteiger partial charge is 0.493 e. The summed E-state index contributed by atoms with van der Waals surface area (Å²) in [5.74, 6) is -0.0731. The van der Waals surface area contributed by atoms with Crippen LogP contribution >= 0.6 is 0 Å². The summed E-state index contributed by atoms with van der Waals surface area (Å²) >= 11 is 0. The maximum Gasteiger partial charge on any atom is 0.262 e. The molecule has 0 N–H and O–H groups in total. The van der Waals surface area contributed by atoms with E-state index in [0.29, 0.717) is 59.9 Å². The Hall–Kier alpha value is -3.88. The summed E-state index contributed by atoms with van der Waals surface area (Å²) in [6.45, 7) is 2.24. The van der Waals surface area contributed by atoms with E-state index < -0.39 is 23.5 Å². The second-order valence-corrected chi connectivity index (χ2v) is 9.09. The van der Waals surface area contributed by atoms with Crippen LogP contribution in [0.1, 0.15) is 57.3 Å². The van der Waals surface area contributed by atoms with Crippen molar-refractivity contribution in [3.63, 3.8) is 0 Å². The molecule has 1 unspecified atom stereocenters. The summed E-state index contributed by atoms with van der Waals surface area (Å²) < 4.78 is 17.2. The average molecular weight is 479 g/mol. The highest BCUT2D eigenvalue weighted by molar-refractivity contribution is 6.22. The summed E-state index contributed by atoms with van der Waals surface area (Å²) in [6, 6.07) is 8.99. The van der Waals surface area contributed by atoms with Crippen LogP contribution in [0.15, 0.2) is 36.4 Å². The number of ketones is 1. The number of likely N-dealkylation sites (tertiary alicyclic amines) is 1. The number of rotatable bonds is 4. The van der Waals surface area contributed by atoms with Crippen LogP contribution in [0.4, 0.5) is 0 Å². The van der Waals surface area contributed by atoms with Gasteiger partial charge in [0.05, 0.1) is 37.3 Å². The van der Waals surface area contributed by atoms with Crippen molar-refractivity contribution in [3.8, 4) is 17.2 Å². The molecule has 1 spiro atoms. The van der Waals surface area contributed by atoms with Gasteiger partial charge in [0.25, 0.3) is 11.8 Å². The number of imide groups is 1. The van der Waals surface area contributed by atoms with E-state index in [1.807, 2.05) is 0 Å². The molecule has 3 amide bonds. The molecule has 1 fully saturated rings. The van der Waals surface area contributed by atoms with Crippen molar-refractivity contribution in [1.82, 2.24) is 9.80 Å². The van der Waals surface area contributed by atoms with Gasteiger partial charge in [-0.25, -0.2) is 0 Å². The van der Waals surface area contributed by atoms with E-state index in [2.05, 4.69) is 0 Å². The maximum absolute atomic E-state index is 13.3. The molecule has 0 aliphatic carbocycles. The summed E-state index contributed by atoms with van der Waals surface area (Å²) in [4.78, 5) is 54.5. The van der Waals surface area contributed by atoms with Gasteiger partial charge >= 0.3 is 0 Å². The highest BCUT2D eigenvalue weighted by Gasteiger charge is 2.47. The quantitative estimate of drug-likeness (QED) is 0.623. The molecule has 2 aromatic carbocycles. The predicted molar refractivity (Wildman–Crippen MR) is 124 cm³/mol. The molecule has 3 heterocycles. The molecule has 2 aromatic rings. The van der Waals surface area contributed by atoms with Gasteiger partial charge < -0.3 is 19.1 Å². The van der Waals surface area contributed by atoms with Crippen LogP contribution in [0.3, 0.4) is 0 Å². The molecule has 0 radical (unpaired) electrons. The third-order valence-electron chi connectivity index (χ3n) is 7.16. The third kappa shape index (κ3) is 3.53. The Labute approximate surface area is 202 Å². The Morgan fingerprint density at radius 2 is 1.57 bits per heavy atom. The van der Waals surface area contributed by atoms with E-state index in [1.54, 1.807) is 48.2 Å². The van der Waals surface area contributed by atoms with Gasteiger partial charge in [-0.15, -0.1) is 0 Å². The van der Waals surface area contributed by atoms with E-state index in [-0.39, 0.29) is 18.1 Å². The van der Waals surface area contributed by atoms with Crippen molar-refractivity contribution < 1.29 is 33.4 Å². The lowest BCUT2D eigenvalue weighted by Crippen LogP contribution is -2.56. The van der Waals surface area contributed by atoms with Gasteiger partial charge in [-0.1, -0.05) is 12.1 Å². The van der Waals surface area contributed by atoms with Crippen LogP contribution in [-0.2, 0) is 4.79 Å². The minimum absolute atomic E-state index is 0.0497. The zero-order valence-corrected chi connectivity index (χ0v) is 19.8. The molecule has 9 heteroatoms. The molecule has 1 saturated heterocycles. The van der Waals surface area contributed by atoms with Crippen LogP contribution < -0.4 is 14.2 Å². The fraction of sp³-hybridized carbons (Fsp3) is 0.385. The SMILES string of the molecule is COc1ccc2c(c1OC)OC1(CCN(C(=O)C(C)N3C(=O)c4ccccc4C3=O)CC1)CC2=O.